The Hall–Kier alpha value is -1.06. The minimum atomic E-state index is -0.183. The number of aliphatic hydroxyl groups is 1. The van der Waals surface area contributed by atoms with Gasteiger partial charge in [-0.05, 0) is 43.4 Å². The molecule has 2 aliphatic rings. The standard InChI is InChI=1S/C17H24O3/c18-16-6-2-1-5-15(16)13-8-10-14(11-9-13)20-17-7-3-4-12-19-17/h8-11,15-18H,1-7,12H2. The van der Waals surface area contributed by atoms with Gasteiger partial charge in [0.05, 0.1) is 12.7 Å². The maximum atomic E-state index is 10.1. The SMILES string of the molecule is OC1CCCCC1c1ccc(OC2CCCCO2)cc1. The van der Waals surface area contributed by atoms with Gasteiger partial charge in [-0.25, -0.2) is 0 Å². The van der Waals surface area contributed by atoms with Crippen LogP contribution in [0.25, 0.3) is 0 Å². The van der Waals surface area contributed by atoms with Crippen molar-refractivity contribution in [3.05, 3.63) is 29.8 Å². The summed E-state index contributed by atoms with van der Waals surface area (Å²) in [5.74, 6) is 1.16. The third-order valence-electron chi connectivity index (χ3n) is 4.44. The van der Waals surface area contributed by atoms with Crippen LogP contribution in [0, 0.1) is 0 Å². The van der Waals surface area contributed by atoms with Crippen molar-refractivity contribution in [3.63, 3.8) is 0 Å². The van der Waals surface area contributed by atoms with Crippen LogP contribution in [0.5, 0.6) is 5.75 Å². The average molecular weight is 276 g/mol. The molecule has 3 atom stereocenters. The highest BCUT2D eigenvalue weighted by atomic mass is 16.7. The molecule has 1 aliphatic heterocycles. The molecular weight excluding hydrogens is 252 g/mol. The predicted molar refractivity (Wildman–Crippen MR) is 77.9 cm³/mol. The topological polar surface area (TPSA) is 38.7 Å². The summed E-state index contributed by atoms with van der Waals surface area (Å²) in [6, 6.07) is 8.21. The summed E-state index contributed by atoms with van der Waals surface area (Å²) in [6.45, 7) is 0.803. The van der Waals surface area contributed by atoms with E-state index in [1.807, 2.05) is 12.1 Å². The lowest BCUT2D eigenvalue weighted by Crippen LogP contribution is -2.25. The molecule has 3 rings (SSSR count). The van der Waals surface area contributed by atoms with Gasteiger partial charge in [0.1, 0.15) is 5.75 Å². The Kier molecular flexibility index (Phi) is 4.58. The Labute approximate surface area is 120 Å². The molecule has 1 aromatic rings. The smallest absolute Gasteiger partial charge is 0.199 e. The van der Waals surface area contributed by atoms with Crippen molar-refractivity contribution in [1.82, 2.24) is 0 Å². The number of hydrogen-bond donors (Lipinski definition) is 1. The van der Waals surface area contributed by atoms with Crippen LogP contribution in [0.3, 0.4) is 0 Å². The van der Waals surface area contributed by atoms with Gasteiger partial charge in [-0.2, -0.15) is 0 Å². The molecule has 0 amide bonds. The van der Waals surface area contributed by atoms with Crippen LogP contribution < -0.4 is 4.74 Å². The summed E-state index contributed by atoms with van der Waals surface area (Å²) >= 11 is 0. The van der Waals surface area contributed by atoms with Gasteiger partial charge in [0.15, 0.2) is 6.29 Å². The van der Waals surface area contributed by atoms with Crippen LogP contribution in [0.4, 0.5) is 0 Å². The van der Waals surface area contributed by atoms with Crippen LogP contribution in [0.15, 0.2) is 24.3 Å². The summed E-state index contributed by atoms with van der Waals surface area (Å²) in [5, 5.41) is 10.1. The van der Waals surface area contributed by atoms with E-state index in [9.17, 15) is 5.11 Å². The number of aliphatic hydroxyl groups excluding tert-OH is 1. The van der Waals surface area contributed by atoms with E-state index in [2.05, 4.69) is 12.1 Å². The van der Waals surface area contributed by atoms with E-state index in [0.717, 1.165) is 44.5 Å². The summed E-state index contributed by atoms with van der Waals surface area (Å²) in [6.07, 6.45) is 7.41. The molecule has 2 fully saturated rings. The Morgan fingerprint density at radius 2 is 1.70 bits per heavy atom. The average Bonchev–Trinajstić information content (AvgIpc) is 2.50. The van der Waals surface area contributed by atoms with E-state index in [1.165, 1.54) is 18.4 Å². The highest BCUT2D eigenvalue weighted by Gasteiger charge is 2.24. The molecule has 0 aromatic heterocycles. The fourth-order valence-electron chi connectivity index (χ4n) is 3.25. The quantitative estimate of drug-likeness (QED) is 0.916. The number of hydrogen-bond acceptors (Lipinski definition) is 3. The zero-order valence-electron chi connectivity index (χ0n) is 12.0. The minimum Gasteiger partial charge on any atom is -0.465 e. The highest BCUT2D eigenvalue weighted by molar-refractivity contribution is 5.30. The molecule has 1 N–H and O–H groups in total. The van der Waals surface area contributed by atoms with Crippen LogP contribution in [-0.2, 0) is 4.74 Å². The molecule has 1 aliphatic carbocycles. The van der Waals surface area contributed by atoms with E-state index in [1.54, 1.807) is 0 Å². The van der Waals surface area contributed by atoms with Crippen molar-refractivity contribution >= 4 is 0 Å². The minimum absolute atomic E-state index is 0.0881. The number of rotatable bonds is 3. The van der Waals surface area contributed by atoms with Gasteiger partial charge in [-0.1, -0.05) is 25.0 Å². The third kappa shape index (κ3) is 3.33. The first-order valence-corrected chi connectivity index (χ1v) is 7.89. The lowest BCUT2D eigenvalue weighted by molar-refractivity contribution is -0.105. The van der Waals surface area contributed by atoms with Crippen molar-refractivity contribution in [2.45, 2.75) is 63.3 Å². The molecule has 0 spiro atoms. The first-order valence-electron chi connectivity index (χ1n) is 7.89. The second-order valence-corrected chi connectivity index (χ2v) is 5.94. The van der Waals surface area contributed by atoms with Gasteiger partial charge < -0.3 is 14.6 Å². The van der Waals surface area contributed by atoms with Gasteiger partial charge in [0.2, 0.25) is 0 Å². The van der Waals surface area contributed by atoms with Crippen molar-refractivity contribution in [2.75, 3.05) is 6.61 Å². The molecule has 110 valence electrons. The van der Waals surface area contributed by atoms with Crippen LogP contribution >= 0.6 is 0 Å². The Morgan fingerprint density at radius 3 is 2.40 bits per heavy atom. The summed E-state index contributed by atoms with van der Waals surface area (Å²) in [5.41, 5.74) is 1.23. The van der Waals surface area contributed by atoms with Crippen LogP contribution in [-0.4, -0.2) is 24.1 Å². The van der Waals surface area contributed by atoms with Gasteiger partial charge in [-0.3, -0.25) is 0 Å². The molecule has 20 heavy (non-hydrogen) atoms. The molecule has 1 saturated heterocycles. The van der Waals surface area contributed by atoms with E-state index >= 15 is 0 Å². The van der Waals surface area contributed by atoms with E-state index in [0.29, 0.717) is 5.92 Å². The molecule has 0 bridgehead atoms. The van der Waals surface area contributed by atoms with Gasteiger partial charge in [-0.15, -0.1) is 0 Å². The number of benzene rings is 1. The molecule has 1 saturated carbocycles. The largest absolute Gasteiger partial charge is 0.465 e. The highest BCUT2D eigenvalue weighted by Crippen LogP contribution is 2.33. The normalized spacial score (nSPS) is 30.9. The maximum absolute atomic E-state index is 10.1. The van der Waals surface area contributed by atoms with E-state index < -0.39 is 0 Å². The second-order valence-electron chi connectivity index (χ2n) is 5.94. The molecule has 3 unspecified atom stereocenters. The summed E-state index contributed by atoms with van der Waals surface area (Å²) < 4.78 is 11.4. The predicted octanol–water partition coefficient (Wildman–Crippen LogP) is 3.61. The maximum Gasteiger partial charge on any atom is 0.199 e. The van der Waals surface area contributed by atoms with Crippen LogP contribution in [0.1, 0.15) is 56.4 Å². The monoisotopic (exact) mass is 276 g/mol. The molecule has 1 aromatic carbocycles. The Bertz CT molecular complexity index is 409. The molecule has 1 heterocycles. The molecular formula is C17H24O3. The van der Waals surface area contributed by atoms with Crippen molar-refractivity contribution in [2.24, 2.45) is 0 Å². The summed E-state index contributed by atoms with van der Waals surface area (Å²) in [7, 11) is 0. The van der Waals surface area contributed by atoms with Gasteiger partial charge in [0, 0.05) is 12.3 Å². The molecule has 3 nitrogen and oxygen atoms in total. The Morgan fingerprint density at radius 1 is 0.950 bits per heavy atom. The lowest BCUT2D eigenvalue weighted by atomic mass is 9.82. The number of ether oxygens (including phenoxy) is 2. The second kappa shape index (κ2) is 6.59. The third-order valence-corrected chi connectivity index (χ3v) is 4.44. The van der Waals surface area contributed by atoms with E-state index in [-0.39, 0.29) is 12.4 Å². The van der Waals surface area contributed by atoms with E-state index in [4.69, 9.17) is 9.47 Å². The van der Waals surface area contributed by atoms with Crippen molar-refractivity contribution in [1.29, 1.82) is 0 Å². The van der Waals surface area contributed by atoms with Crippen molar-refractivity contribution < 1.29 is 14.6 Å². The zero-order valence-corrected chi connectivity index (χ0v) is 12.0. The van der Waals surface area contributed by atoms with Crippen LogP contribution in [0.2, 0.25) is 0 Å². The lowest BCUT2D eigenvalue weighted by Gasteiger charge is -2.28. The zero-order chi connectivity index (χ0) is 13.8. The van der Waals surface area contributed by atoms with Gasteiger partial charge in [0.25, 0.3) is 0 Å². The fraction of sp³-hybridized carbons (Fsp3) is 0.647. The Balaban J connectivity index is 1.61. The fourth-order valence-corrected chi connectivity index (χ4v) is 3.25. The molecule has 3 heteroatoms. The first kappa shape index (κ1) is 13.9. The first-order chi connectivity index (χ1) is 9.83. The molecule has 0 radical (unpaired) electrons. The van der Waals surface area contributed by atoms with Crippen molar-refractivity contribution in [3.8, 4) is 5.75 Å². The van der Waals surface area contributed by atoms with Gasteiger partial charge >= 0.3 is 0 Å². The summed E-state index contributed by atoms with van der Waals surface area (Å²) in [4.78, 5) is 0.